The molecule has 0 saturated carbocycles. The minimum Gasteiger partial charge on any atom is -0.493 e. The molecule has 0 radical (unpaired) electrons. The van der Waals surface area contributed by atoms with Crippen LogP contribution in [0.25, 0.3) is 0 Å². The number of rotatable bonds is 12. The number of ether oxygens (including phenoxy) is 4. The highest BCUT2D eigenvalue weighted by Crippen LogP contribution is 2.42. The SMILES string of the molecule is CCc1ccc(OC(c2ccccc2)S(=O)(=O)C(Oc2ccc(CC)cc2OC)c2ccccc2)c(OC)c1. The molecule has 4 aromatic rings. The fourth-order valence-corrected chi connectivity index (χ4v) is 6.04. The molecule has 0 N–H and O–H groups in total. The van der Waals surface area contributed by atoms with Crippen LogP contribution in [0.3, 0.4) is 0 Å². The molecule has 0 aliphatic heterocycles. The maximum atomic E-state index is 14.6. The van der Waals surface area contributed by atoms with Crippen LogP contribution < -0.4 is 18.9 Å². The molecule has 0 aliphatic rings. The van der Waals surface area contributed by atoms with Crippen molar-refractivity contribution in [2.45, 2.75) is 37.6 Å². The predicted octanol–water partition coefficient (Wildman–Crippen LogP) is 7.10. The van der Waals surface area contributed by atoms with Gasteiger partial charge >= 0.3 is 0 Å². The average molecular weight is 547 g/mol. The first-order chi connectivity index (χ1) is 18.9. The molecule has 0 bridgehead atoms. The minimum absolute atomic E-state index is 0.323. The summed E-state index contributed by atoms with van der Waals surface area (Å²) in [7, 11) is -1.13. The Labute approximate surface area is 231 Å². The Morgan fingerprint density at radius 2 is 0.949 bits per heavy atom. The van der Waals surface area contributed by atoms with E-state index in [1.807, 2.05) is 50.2 Å². The zero-order chi connectivity index (χ0) is 27.8. The van der Waals surface area contributed by atoms with Crippen molar-refractivity contribution in [3.63, 3.8) is 0 Å². The Hall–Kier alpha value is -3.97. The summed E-state index contributed by atoms with van der Waals surface area (Å²) in [6.07, 6.45) is 1.61. The zero-order valence-electron chi connectivity index (χ0n) is 22.7. The molecule has 0 amide bonds. The molecule has 204 valence electrons. The van der Waals surface area contributed by atoms with Gasteiger partial charge in [0.15, 0.2) is 23.0 Å². The smallest absolute Gasteiger partial charge is 0.234 e. The van der Waals surface area contributed by atoms with Gasteiger partial charge in [0.25, 0.3) is 0 Å². The van der Waals surface area contributed by atoms with Crippen LogP contribution in [0.5, 0.6) is 23.0 Å². The predicted molar refractivity (Wildman–Crippen MR) is 153 cm³/mol. The summed E-state index contributed by atoms with van der Waals surface area (Å²) >= 11 is 0. The summed E-state index contributed by atoms with van der Waals surface area (Å²) in [5, 5.41) is 0. The summed E-state index contributed by atoms with van der Waals surface area (Å²) in [6, 6.07) is 28.7. The molecule has 39 heavy (non-hydrogen) atoms. The second-order valence-corrected chi connectivity index (χ2v) is 11.0. The number of benzene rings is 4. The number of methoxy groups -OCH3 is 2. The molecule has 4 aromatic carbocycles. The van der Waals surface area contributed by atoms with Gasteiger partial charge in [-0.15, -0.1) is 0 Å². The summed E-state index contributed by atoms with van der Waals surface area (Å²) in [6.45, 7) is 4.07. The van der Waals surface area contributed by atoms with E-state index in [4.69, 9.17) is 18.9 Å². The van der Waals surface area contributed by atoms with Gasteiger partial charge in [-0.1, -0.05) is 86.6 Å². The Kier molecular flexibility index (Phi) is 9.15. The van der Waals surface area contributed by atoms with Crippen LogP contribution in [0, 0.1) is 0 Å². The van der Waals surface area contributed by atoms with Gasteiger partial charge in [0.2, 0.25) is 20.7 Å². The van der Waals surface area contributed by atoms with Crippen molar-refractivity contribution in [3.8, 4) is 23.0 Å². The first-order valence-corrected chi connectivity index (χ1v) is 14.5. The lowest BCUT2D eigenvalue weighted by atomic mass is 10.1. The van der Waals surface area contributed by atoms with E-state index in [9.17, 15) is 8.42 Å². The van der Waals surface area contributed by atoms with Crippen LogP contribution in [-0.2, 0) is 22.7 Å². The molecule has 0 spiro atoms. The van der Waals surface area contributed by atoms with Crippen molar-refractivity contribution in [1.82, 2.24) is 0 Å². The van der Waals surface area contributed by atoms with Crippen molar-refractivity contribution in [2.75, 3.05) is 14.2 Å². The van der Waals surface area contributed by atoms with E-state index in [-0.39, 0.29) is 0 Å². The van der Waals surface area contributed by atoms with Gasteiger partial charge in [-0.25, -0.2) is 8.42 Å². The second kappa shape index (κ2) is 12.7. The third-order valence-electron chi connectivity index (χ3n) is 6.48. The largest absolute Gasteiger partial charge is 0.493 e. The van der Waals surface area contributed by atoms with E-state index < -0.39 is 20.7 Å². The van der Waals surface area contributed by atoms with Crippen molar-refractivity contribution in [3.05, 3.63) is 119 Å². The van der Waals surface area contributed by atoms with Gasteiger partial charge in [0.1, 0.15) is 0 Å². The van der Waals surface area contributed by atoms with Gasteiger partial charge in [0, 0.05) is 11.1 Å². The molecule has 4 rings (SSSR count). The highest BCUT2D eigenvalue weighted by molar-refractivity contribution is 7.91. The normalized spacial score (nSPS) is 12.8. The summed E-state index contributed by atoms with van der Waals surface area (Å²) in [4.78, 5) is 0. The standard InChI is InChI=1S/C32H34O6S/c1-5-23-17-19-27(29(21-23)35-3)37-31(25-13-9-7-10-14-25)39(33,34)32(26-15-11-8-12-16-26)38-28-20-18-24(6-2)22-30(28)36-4/h7-22,31-32H,5-6H2,1-4H3. The molecule has 0 aromatic heterocycles. The van der Waals surface area contributed by atoms with E-state index in [0.717, 1.165) is 24.0 Å². The monoisotopic (exact) mass is 546 g/mol. The third-order valence-corrected chi connectivity index (χ3v) is 8.41. The number of sulfone groups is 1. The lowest BCUT2D eigenvalue weighted by molar-refractivity contribution is 0.229. The van der Waals surface area contributed by atoms with Crippen LogP contribution in [0.4, 0.5) is 0 Å². The quantitative estimate of drug-likeness (QED) is 0.189. The van der Waals surface area contributed by atoms with E-state index in [2.05, 4.69) is 0 Å². The van der Waals surface area contributed by atoms with Crippen LogP contribution in [-0.4, -0.2) is 22.6 Å². The molecule has 0 saturated heterocycles. The molecular weight excluding hydrogens is 512 g/mol. The fourth-order valence-electron chi connectivity index (χ4n) is 4.27. The summed E-state index contributed by atoms with van der Waals surface area (Å²) in [5.74, 6) is 1.56. The lowest BCUT2D eigenvalue weighted by Crippen LogP contribution is -2.28. The van der Waals surface area contributed by atoms with Gasteiger partial charge in [-0.3, -0.25) is 0 Å². The summed E-state index contributed by atoms with van der Waals surface area (Å²) < 4.78 is 52.8. The van der Waals surface area contributed by atoms with Crippen LogP contribution in [0.1, 0.15) is 47.0 Å². The molecule has 6 nitrogen and oxygen atoms in total. The fraction of sp³-hybridized carbons (Fsp3) is 0.250. The minimum atomic E-state index is -4.20. The van der Waals surface area contributed by atoms with Gasteiger partial charge in [-0.05, 0) is 48.2 Å². The first kappa shape index (κ1) is 28.0. The topological polar surface area (TPSA) is 71.1 Å². The average Bonchev–Trinajstić information content (AvgIpc) is 2.99. The molecular formula is C32H34O6S. The van der Waals surface area contributed by atoms with Gasteiger partial charge in [0.05, 0.1) is 14.2 Å². The number of hydrogen-bond acceptors (Lipinski definition) is 6. The van der Waals surface area contributed by atoms with Crippen molar-refractivity contribution in [2.24, 2.45) is 0 Å². The van der Waals surface area contributed by atoms with E-state index in [0.29, 0.717) is 34.1 Å². The molecule has 0 aliphatic carbocycles. The Balaban J connectivity index is 1.84. The van der Waals surface area contributed by atoms with Crippen LogP contribution in [0.2, 0.25) is 0 Å². The Morgan fingerprint density at radius 3 is 1.28 bits per heavy atom. The maximum Gasteiger partial charge on any atom is 0.234 e. The summed E-state index contributed by atoms with van der Waals surface area (Å²) in [5.41, 5.74) is 0.268. The lowest BCUT2D eigenvalue weighted by Gasteiger charge is -2.27. The highest BCUT2D eigenvalue weighted by Gasteiger charge is 2.40. The van der Waals surface area contributed by atoms with Crippen LogP contribution in [0.15, 0.2) is 97.1 Å². The van der Waals surface area contributed by atoms with Gasteiger partial charge in [-0.2, -0.15) is 0 Å². The van der Waals surface area contributed by atoms with Crippen LogP contribution >= 0.6 is 0 Å². The molecule has 7 heteroatoms. The number of hydrogen-bond donors (Lipinski definition) is 0. The molecule has 2 unspecified atom stereocenters. The van der Waals surface area contributed by atoms with Gasteiger partial charge < -0.3 is 18.9 Å². The van der Waals surface area contributed by atoms with Crippen molar-refractivity contribution < 1.29 is 27.4 Å². The van der Waals surface area contributed by atoms with Crippen molar-refractivity contribution >= 4 is 9.84 Å². The first-order valence-electron chi connectivity index (χ1n) is 12.9. The second-order valence-electron chi connectivity index (χ2n) is 8.99. The van der Waals surface area contributed by atoms with E-state index in [1.54, 1.807) is 60.7 Å². The Morgan fingerprint density at radius 1 is 0.564 bits per heavy atom. The Bertz CT molecular complexity index is 1360. The zero-order valence-corrected chi connectivity index (χ0v) is 23.5. The molecule has 0 heterocycles. The van der Waals surface area contributed by atoms with Crippen molar-refractivity contribution in [1.29, 1.82) is 0 Å². The van der Waals surface area contributed by atoms with E-state index >= 15 is 0 Å². The molecule has 2 atom stereocenters. The van der Waals surface area contributed by atoms with E-state index in [1.165, 1.54) is 14.2 Å². The third kappa shape index (κ3) is 6.37. The highest BCUT2D eigenvalue weighted by atomic mass is 32.2. The maximum absolute atomic E-state index is 14.6. The molecule has 0 fully saturated rings. The number of aryl methyl sites for hydroxylation is 2.